The number of aromatic nitrogens is 1. The molecule has 1 aliphatic heterocycles. The molecule has 1 saturated heterocycles. The smallest absolute Gasteiger partial charge is 0.328 e. The second-order valence-corrected chi connectivity index (χ2v) is 8.69. The van der Waals surface area contributed by atoms with Gasteiger partial charge in [0, 0.05) is 24.1 Å². The number of rotatable bonds is 6. The summed E-state index contributed by atoms with van der Waals surface area (Å²) in [4.78, 5) is 24.9. The molecule has 3 rings (SSSR count). The summed E-state index contributed by atoms with van der Waals surface area (Å²) < 4.78 is 27.4. The molecule has 29 heavy (non-hydrogen) atoms. The minimum absolute atomic E-state index is 0.0597. The van der Waals surface area contributed by atoms with Gasteiger partial charge in [0.15, 0.2) is 34.0 Å². The van der Waals surface area contributed by atoms with Crippen molar-refractivity contribution in [1.29, 1.82) is 0 Å². The van der Waals surface area contributed by atoms with E-state index in [0.29, 0.717) is 0 Å². The molecule has 3 N–H and O–H groups in total. The van der Waals surface area contributed by atoms with Crippen LogP contribution in [0.5, 0.6) is 11.5 Å². The van der Waals surface area contributed by atoms with E-state index in [1.807, 2.05) is 0 Å². The Morgan fingerprint density at radius 1 is 1.41 bits per heavy atom. The number of carbonyl (C=O) groups excluding carboxylic acids is 1. The van der Waals surface area contributed by atoms with Crippen LogP contribution in [-0.2, 0) is 25.0 Å². The number of phenols is 2. The van der Waals surface area contributed by atoms with Crippen LogP contribution in [0.4, 0.5) is 0 Å². The summed E-state index contributed by atoms with van der Waals surface area (Å²) >= 11 is 5.99. The summed E-state index contributed by atoms with van der Waals surface area (Å²) in [6, 6.07) is 1.46. The van der Waals surface area contributed by atoms with Crippen LogP contribution in [-0.4, -0.2) is 57.8 Å². The summed E-state index contributed by atoms with van der Waals surface area (Å²) in [6.45, 7) is 2.76. The highest BCUT2D eigenvalue weighted by molar-refractivity contribution is 7.73. The molecule has 156 valence electrons. The van der Waals surface area contributed by atoms with Gasteiger partial charge >= 0.3 is 5.97 Å². The minimum atomic E-state index is -3.43. The van der Waals surface area contributed by atoms with Crippen molar-refractivity contribution in [3.63, 3.8) is 0 Å². The molecule has 1 aromatic carbocycles. The van der Waals surface area contributed by atoms with Crippen LogP contribution in [0.1, 0.15) is 26.0 Å². The molecule has 1 fully saturated rings. The SMILES string of the molecule is C[C@@H]1CC(=O)N1[C@@H](C(=O)O)[C@](C)(c1cc(-c2ccc(O)c(O)c2Cl)on1)[SH](=O)=O. The number of likely N-dealkylation sites (tertiary alicyclic amines) is 1. The van der Waals surface area contributed by atoms with Gasteiger partial charge in [0.05, 0.1) is 5.02 Å². The maximum atomic E-state index is 12.2. The van der Waals surface area contributed by atoms with Crippen LogP contribution in [0, 0.1) is 0 Å². The van der Waals surface area contributed by atoms with Gasteiger partial charge in [-0.25, -0.2) is 13.2 Å². The van der Waals surface area contributed by atoms with Crippen LogP contribution in [0.2, 0.25) is 5.02 Å². The Morgan fingerprint density at radius 2 is 2.07 bits per heavy atom. The average molecular weight is 445 g/mol. The summed E-state index contributed by atoms with van der Waals surface area (Å²) in [5, 5.41) is 32.4. The van der Waals surface area contributed by atoms with Gasteiger partial charge in [0.2, 0.25) is 5.91 Å². The van der Waals surface area contributed by atoms with Crippen molar-refractivity contribution in [2.45, 2.75) is 37.1 Å². The first-order chi connectivity index (χ1) is 13.5. The van der Waals surface area contributed by atoms with Crippen LogP contribution in [0.3, 0.4) is 0 Å². The number of hydrogen-bond acceptors (Lipinski definition) is 8. The number of β-lactam (4-membered cyclic amide) rings is 1. The second kappa shape index (κ2) is 7.23. The number of benzene rings is 1. The third-order valence-electron chi connectivity index (χ3n) is 5.05. The number of amides is 1. The lowest BCUT2D eigenvalue weighted by Crippen LogP contribution is -2.65. The van der Waals surface area contributed by atoms with Gasteiger partial charge in [0.1, 0.15) is 10.4 Å². The second-order valence-electron chi connectivity index (χ2n) is 6.87. The lowest BCUT2D eigenvalue weighted by atomic mass is 9.89. The maximum absolute atomic E-state index is 12.2. The highest BCUT2D eigenvalue weighted by Gasteiger charge is 2.55. The van der Waals surface area contributed by atoms with Crippen LogP contribution in [0.25, 0.3) is 11.3 Å². The largest absolute Gasteiger partial charge is 0.504 e. The third-order valence-corrected chi connectivity index (χ3v) is 6.66. The first-order valence-electron chi connectivity index (χ1n) is 8.36. The molecule has 3 atom stereocenters. The number of hydrogen-bond donors (Lipinski definition) is 4. The first-order valence-corrected chi connectivity index (χ1v) is 9.92. The van der Waals surface area contributed by atoms with Crippen molar-refractivity contribution < 1.29 is 37.8 Å². The monoisotopic (exact) mass is 444 g/mol. The van der Waals surface area contributed by atoms with E-state index < -0.39 is 50.9 Å². The molecule has 0 aliphatic carbocycles. The molecule has 12 heteroatoms. The maximum Gasteiger partial charge on any atom is 0.328 e. The van der Waals surface area contributed by atoms with Crippen molar-refractivity contribution in [3.8, 4) is 22.8 Å². The fraction of sp³-hybridized carbons (Fsp3) is 0.353. The van der Waals surface area contributed by atoms with Crippen LogP contribution >= 0.6 is 11.6 Å². The van der Waals surface area contributed by atoms with Crippen molar-refractivity contribution in [1.82, 2.24) is 10.1 Å². The zero-order valence-electron chi connectivity index (χ0n) is 15.2. The number of halogens is 1. The van der Waals surface area contributed by atoms with E-state index in [0.717, 1.165) is 17.9 Å². The number of aliphatic carboxylic acids is 1. The molecule has 2 aromatic rings. The number of carboxylic acids is 1. The van der Waals surface area contributed by atoms with Gasteiger partial charge in [0.25, 0.3) is 0 Å². The molecular weight excluding hydrogens is 428 g/mol. The molecule has 1 amide bonds. The normalized spacial score (nSPS) is 19.7. The third kappa shape index (κ3) is 3.19. The van der Waals surface area contributed by atoms with Gasteiger partial charge in [-0.15, -0.1) is 0 Å². The van der Waals surface area contributed by atoms with Gasteiger partial charge in [-0.05, 0) is 26.0 Å². The molecule has 0 saturated carbocycles. The number of carbonyl (C=O) groups is 2. The summed E-state index contributed by atoms with van der Waals surface area (Å²) in [7, 11) is -3.43. The number of carboxylic acid groups (broad SMARTS) is 1. The Bertz CT molecular complexity index is 1070. The molecule has 0 bridgehead atoms. The van der Waals surface area contributed by atoms with E-state index in [9.17, 15) is 33.3 Å². The van der Waals surface area contributed by atoms with Crippen molar-refractivity contribution in [2.75, 3.05) is 0 Å². The van der Waals surface area contributed by atoms with E-state index in [2.05, 4.69) is 5.16 Å². The van der Waals surface area contributed by atoms with Crippen LogP contribution < -0.4 is 0 Å². The van der Waals surface area contributed by atoms with Gasteiger partial charge in [-0.2, -0.15) is 0 Å². The standard InChI is InChI=1S/C17H17ClN2O8S/c1-7-5-12(22)20(7)15(16(24)25)17(2,29(26)27)11-6-10(28-19-11)8-3-4-9(21)14(23)13(8)18/h3-4,6-7,15,21,23,29H,5H2,1-2H3,(H,24,25)/t7-,15+,17+/m1/s1. The Morgan fingerprint density at radius 3 is 2.59 bits per heavy atom. The van der Waals surface area contributed by atoms with E-state index in [1.165, 1.54) is 12.1 Å². The fourth-order valence-electron chi connectivity index (χ4n) is 3.34. The van der Waals surface area contributed by atoms with Crippen molar-refractivity contribution >= 4 is 34.2 Å². The topological polar surface area (TPSA) is 158 Å². The number of phenolic OH excluding ortho intramolecular Hbond substituents is 2. The van der Waals surface area contributed by atoms with Crippen molar-refractivity contribution in [3.05, 3.63) is 28.9 Å². The summed E-state index contributed by atoms with van der Waals surface area (Å²) in [5.74, 6) is -3.12. The Labute approximate surface area is 171 Å². The predicted octanol–water partition coefficient (Wildman–Crippen LogP) is 1.31. The minimum Gasteiger partial charge on any atom is -0.504 e. The lowest BCUT2D eigenvalue weighted by molar-refractivity contribution is -0.163. The van der Waals surface area contributed by atoms with Gasteiger partial charge < -0.3 is 24.7 Å². The zero-order chi connectivity index (χ0) is 21.7. The molecule has 0 unspecified atom stereocenters. The Kier molecular flexibility index (Phi) is 5.22. The average Bonchev–Trinajstić information content (AvgIpc) is 3.13. The highest BCUT2D eigenvalue weighted by Crippen LogP contribution is 2.42. The Hall–Kier alpha value is -2.79. The predicted molar refractivity (Wildman–Crippen MR) is 100 cm³/mol. The molecule has 1 aromatic heterocycles. The molecule has 1 aliphatic rings. The number of thiol groups is 1. The summed E-state index contributed by atoms with van der Waals surface area (Å²) in [6.07, 6.45) is 0.113. The molecule has 0 radical (unpaired) electrons. The van der Waals surface area contributed by atoms with E-state index in [-0.39, 0.29) is 28.5 Å². The molecule has 2 heterocycles. The van der Waals surface area contributed by atoms with E-state index in [4.69, 9.17) is 16.1 Å². The first kappa shape index (κ1) is 20.9. The fourth-order valence-corrected chi connectivity index (χ4v) is 4.32. The van der Waals surface area contributed by atoms with E-state index in [1.54, 1.807) is 6.92 Å². The van der Waals surface area contributed by atoms with Gasteiger partial charge in [-0.1, -0.05) is 16.8 Å². The molecular formula is C17H17ClN2O8S. The van der Waals surface area contributed by atoms with Crippen LogP contribution in [0.15, 0.2) is 22.7 Å². The van der Waals surface area contributed by atoms with E-state index >= 15 is 0 Å². The molecule has 0 spiro atoms. The highest BCUT2D eigenvalue weighted by atomic mass is 35.5. The molecule has 10 nitrogen and oxygen atoms in total. The van der Waals surface area contributed by atoms with Gasteiger partial charge in [-0.3, -0.25) is 4.79 Å². The Balaban J connectivity index is 2.12. The number of aromatic hydroxyl groups is 2. The van der Waals surface area contributed by atoms with Crippen molar-refractivity contribution in [2.24, 2.45) is 0 Å². The quantitative estimate of drug-likeness (QED) is 0.292. The zero-order valence-corrected chi connectivity index (χ0v) is 16.8. The summed E-state index contributed by atoms with van der Waals surface area (Å²) in [5.41, 5.74) is -0.143. The lowest BCUT2D eigenvalue weighted by Gasteiger charge is -2.46. The number of nitrogens with zero attached hydrogens (tertiary/aromatic N) is 2.